The minimum Gasteiger partial charge on any atom is -0.465 e. The van der Waals surface area contributed by atoms with E-state index in [-0.39, 0.29) is 22.9 Å². The predicted molar refractivity (Wildman–Crippen MR) is 90.0 cm³/mol. The molecule has 3 rings (SSSR count). The molecule has 0 fully saturated rings. The number of fused-ring (bicyclic) bond motifs is 3. The van der Waals surface area contributed by atoms with Gasteiger partial charge in [0.05, 0.1) is 23.4 Å². The van der Waals surface area contributed by atoms with Crippen LogP contribution >= 0.6 is 11.8 Å². The van der Waals surface area contributed by atoms with Crippen molar-refractivity contribution >= 4 is 34.4 Å². The van der Waals surface area contributed by atoms with E-state index in [0.717, 1.165) is 17.3 Å². The molecule has 8 heteroatoms. The Morgan fingerprint density at radius 1 is 1.38 bits per heavy atom. The molecule has 0 aliphatic heterocycles. The van der Waals surface area contributed by atoms with Gasteiger partial charge >= 0.3 is 11.7 Å². The van der Waals surface area contributed by atoms with E-state index < -0.39 is 11.7 Å². The van der Waals surface area contributed by atoms with E-state index in [4.69, 9.17) is 4.74 Å². The zero-order chi connectivity index (χ0) is 17.3. The van der Waals surface area contributed by atoms with Gasteiger partial charge < -0.3 is 9.30 Å². The van der Waals surface area contributed by atoms with Crippen LogP contribution in [0.2, 0.25) is 0 Å². The number of aryl methyl sites for hydroxylation is 1. The molecule has 2 aromatic heterocycles. The maximum atomic E-state index is 12.5. The highest BCUT2D eigenvalue weighted by atomic mass is 32.2. The van der Waals surface area contributed by atoms with Gasteiger partial charge in [0, 0.05) is 7.05 Å². The summed E-state index contributed by atoms with van der Waals surface area (Å²) in [5, 5.41) is 9.81. The van der Waals surface area contributed by atoms with Gasteiger partial charge in [0.15, 0.2) is 0 Å². The van der Waals surface area contributed by atoms with Crippen molar-refractivity contribution < 1.29 is 9.53 Å². The number of ether oxygens (including phenoxy) is 1. The number of imidazole rings is 1. The van der Waals surface area contributed by atoms with Crippen LogP contribution in [0.3, 0.4) is 0 Å². The first-order valence-electron chi connectivity index (χ1n) is 7.27. The lowest BCUT2D eigenvalue weighted by atomic mass is 10.3. The molecule has 0 saturated carbocycles. The van der Waals surface area contributed by atoms with Gasteiger partial charge in [-0.1, -0.05) is 23.9 Å². The van der Waals surface area contributed by atoms with Crippen molar-refractivity contribution in [1.82, 2.24) is 14.0 Å². The number of hydrogen-bond acceptors (Lipinski definition) is 6. The van der Waals surface area contributed by atoms with E-state index in [0.29, 0.717) is 11.2 Å². The molecule has 0 N–H and O–H groups in total. The molecule has 0 unspecified atom stereocenters. The van der Waals surface area contributed by atoms with Gasteiger partial charge in [-0.15, -0.1) is 0 Å². The number of benzene rings is 1. The molecule has 0 bridgehead atoms. The quantitative estimate of drug-likeness (QED) is 0.407. The standard InChI is InChI=1S/C16H14N4O3S/c1-3-23-13(21)9-24-14-10(8-17)15-19(2)11-6-4-5-7-12(11)20(15)16(22)18-14/h4-7H,3,9H2,1-2H3. The molecule has 0 aliphatic carbocycles. The average molecular weight is 342 g/mol. The lowest BCUT2D eigenvalue weighted by Gasteiger charge is -2.06. The molecule has 3 aromatic rings. The monoisotopic (exact) mass is 342 g/mol. The van der Waals surface area contributed by atoms with E-state index in [1.807, 2.05) is 18.2 Å². The van der Waals surface area contributed by atoms with Crippen LogP contribution in [-0.2, 0) is 16.6 Å². The average Bonchev–Trinajstić information content (AvgIpc) is 2.88. The third kappa shape index (κ3) is 2.53. The number of para-hydroxylation sites is 2. The molecular formula is C16H14N4O3S. The Balaban J connectivity index is 2.21. The summed E-state index contributed by atoms with van der Waals surface area (Å²) in [6, 6.07) is 9.47. The maximum Gasteiger partial charge on any atom is 0.355 e. The first-order valence-corrected chi connectivity index (χ1v) is 8.25. The number of esters is 1. The smallest absolute Gasteiger partial charge is 0.355 e. The zero-order valence-electron chi connectivity index (χ0n) is 13.1. The minimum absolute atomic E-state index is 0.00488. The predicted octanol–water partition coefficient (Wildman–Crippen LogP) is 1.71. The number of carbonyl (C=O) groups is 1. The summed E-state index contributed by atoms with van der Waals surface area (Å²) < 4.78 is 8.07. The van der Waals surface area contributed by atoms with Crippen LogP contribution < -0.4 is 5.69 Å². The molecule has 2 heterocycles. The molecule has 122 valence electrons. The highest BCUT2D eigenvalue weighted by molar-refractivity contribution is 7.99. The summed E-state index contributed by atoms with van der Waals surface area (Å²) in [7, 11) is 1.79. The molecule has 0 radical (unpaired) electrons. The first kappa shape index (κ1) is 16.1. The second-order valence-corrected chi connectivity index (χ2v) is 5.95. The molecule has 24 heavy (non-hydrogen) atoms. The fourth-order valence-corrected chi connectivity index (χ4v) is 3.37. The minimum atomic E-state index is -0.479. The Morgan fingerprint density at radius 2 is 2.08 bits per heavy atom. The number of hydrogen-bond donors (Lipinski definition) is 0. The van der Waals surface area contributed by atoms with Crippen molar-refractivity contribution in [1.29, 1.82) is 5.26 Å². The number of thioether (sulfide) groups is 1. The van der Waals surface area contributed by atoms with E-state index in [2.05, 4.69) is 11.1 Å². The van der Waals surface area contributed by atoms with E-state index in [1.165, 1.54) is 4.40 Å². The van der Waals surface area contributed by atoms with Gasteiger partial charge in [0.25, 0.3) is 0 Å². The normalized spacial score (nSPS) is 10.9. The molecule has 0 spiro atoms. The molecule has 0 aliphatic rings. The van der Waals surface area contributed by atoms with Crippen LogP contribution in [0.1, 0.15) is 12.5 Å². The Hall–Kier alpha value is -2.79. The summed E-state index contributed by atoms with van der Waals surface area (Å²) in [5.41, 5.74) is 1.76. The Kier molecular flexibility index (Phi) is 4.27. The van der Waals surface area contributed by atoms with E-state index in [1.54, 1.807) is 24.6 Å². The summed E-state index contributed by atoms with van der Waals surface area (Å²) in [6.07, 6.45) is 0. The lowest BCUT2D eigenvalue weighted by Crippen LogP contribution is -2.19. The van der Waals surface area contributed by atoms with Gasteiger partial charge in [-0.2, -0.15) is 10.2 Å². The topological polar surface area (TPSA) is 89.4 Å². The largest absolute Gasteiger partial charge is 0.465 e. The second-order valence-electron chi connectivity index (χ2n) is 4.99. The number of carbonyl (C=O) groups excluding carboxylic acids is 1. The van der Waals surface area contributed by atoms with Gasteiger partial charge in [-0.05, 0) is 19.1 Å². The molecular weight excluding hydrogens is 328 g/mol. The van der Waals surface area contributed by atoms with Crippen LogP contribution in [0, 0.1) is 11.3 Å². The Labute approximate surface area is 141 Å². The second kappa shape index (κ2) is 6.37. The van der Waals surface area contributed by atoms with Crippen molar-refractivity contribution in [2.75, 3.05) is 12.4 Å². The molecule has 1 aromatic carbocycles. The van der Waals surface area contributed by atoms with Crippen LogP contribution in [-0.4, -0.2) is 32.3 Å². The fraction of sp³-hybridized carbons (Fsp3) is 0.250. The van der Waals surface area contributed by atoms with E-state index >= 15 is 0 Å². The van der Waals surface area contributed by atoms with Crippen molar-refractivity contribution in [3.8, 4) is 6.07 Å². The number of nitriles is 1. The zero-order valence-corrected chi connectivity index (χ0v) is 14.0. The van der Waals surface area contributed by atoms with E-state index in [9.17, 15) is 14.9 Å². The van der Waals surface area contributed by atoms with Gasteiger partial charge in [-0.3, -0.25) is 4.79 Å². The Morgan fingerprint density at radius 3 is 2.75 bits per heavy atom. The van der Waals surface area contributed by atoms with Crippen LogP contribution in [0.15, 0.2) is 34.1 Å². The highest BCUT2D eigenvalue weighted by Crippen LogP contribution is 2.26. The summed E-state index contributed by atoms with van der Waals surface area (Å²) in [5.74, 6) is -0.417. The van der Waals surface area contributed by atoms with Crippen molar-refractivity contribution in [3.63, 3.8) is 0 Å². The SMILES string of the molecule is CCOC(=O)CSc1nc(=O)n2c3ccccc3n(C)c2c1C#N. The van der Waals surface area contributed by atoms with Crippen LogP contribution in [0.4, 0.5) is 0 Å². The summed E-state index contributed by atoms with van der Waals surface area (Å²) in [4.78, 5) is 28.0. The molecule has 7 nitrogen and oxygen atoms in total. The van der Waals surface area contributed by atoms with Crippen molar-refractivity contribution in [2.45, 2.75) is 11.9 Å². The molecule has 0 saturated heterocycles. The summed E-state index contributed by atoms with van der Waals surface area (Å²) >= 11 is 1.03. The van der Waals surface area contributed by atoms with Crippen LogP contribution in [0.5, 0.6) is 0 Å². The number of nitrogens with zero attached hydrogens (tertiary/aromatic N) is 4. The number of rotatable bonds is 4. The number of aromatic nitrogens is 3. The maximum absolute atomic E-state index is 12.5. The third-order valence-corrected chi connectivity index (χ3v) is 4.53. The molecule has 0 amide bonds. The third-order valence-electron chi connectivity index (χ3n) is 3.58. The fourth-order valence-electron chi connectivity index (χ4n) is 2.61. The van der Waals surface area contributed by atoms with Crippen molar-refractivity contribution in [3.05, 3.63) is 40.3 Å². The van der Waals surface area contributed by atoms with Crippen molar-refractivity contribution in [2.24, 2.45) is 7.05 Å². The van der Waals surface area contributed by atoms with Gasteiger partial charge in [0.1, 0.15) is 22.3 Å². The van der Waals surface area contributed by atoms with Crippen LogP contribution in [0.25, 0.3) is 16.7 Å². The highest BCUT2D eigenvalue weighted by Gasteiger charge is 2.19. The first-order chi connectivity index (χ1) is 11.6. The Bertz CT molecular complexity index is 1050. The lowest BCUT2D eigenvalue weighted by molar-refractivity contribution is -0.139. The summed E-state index contributed by atoms with van der Waals surface area (Å²) in [6.45, 7) is 2.00. The van der Waals surface area contributed by atoms with Gasteiger partial charge in [-0.25, -0.2) is 9.20 Å². The van der Waals surface area contributed by atoms with Gasteiger partial charge in [0.2, 0.25) is 0 Å². The molecule has 0 atom stereocenters.